The minimum atomic E-state index is 0. The monoisotopic (exact) mass is 338 g/mol. The number of rotatable bonds is 4. The van der Waals surface area contributed by atoms with Gasteiger partial charge in [0, 0.05) is 24.7 Å². The van der Waals surface area contributed by atoms with Gasteiger partial charge in [-0.3, -0.25) is 4.79 Å². The van der Waals surface area contributed by atoms with Gasteiger partial charge in [-0.05, 0) is 49.4 Å². The van der Waals surface area contributed by atoms with Crippen LogP contribution < -0.4 is 10.5 Å². The molecule has 2 fully saturated rings. The van der Waals surface area contributed by atoms with E-state index in [1.807, 2.05) is 29.2 Å². The molecule has 5 heteroatoms. The third-order valence-corrected chi connectivity index (χ3v) is 4.82. The molecule has 1 aliphatic heterocycles. The van der Waals surface area contributed by atoms with Gasteiger partial charge in [-0.15, -0.1) is 12.4 Å². The molecule has 2 aliphatic rings. The second-order valence-electron chi connectivity index (χ2n) is 6.64. The molecular formula is C18H27ClN2O2. The Morgan fingerprint density at radius 1 is 1.13 bits per heavy atom. The summed E-state index contributed by atoms with van der Waals surface area (Å²) in [6.07, 6.45) is 7.50. The minimum Gasteiger partial charge on any atom is -0.493 e. The van der Waals surface area contributed by atoms with Gasteiger partial charge in [0.1, 0.15) is 5.75 Å². The number of amides is 1. The van der Waals surface area contributed by atoms with Gasteiger partial charge < -0.3 is 15.4 Å². The highest BCUT2D eigenvalue weighted by Gasteiger charge is 2.24. The van der Waals surface area contributed by atoms with Crippen molar-refractivity contribution >= 4 is 18.3 Å². The van der Waals surface area contributed by atoms with Crippen LogP contribution in [0.4, 0.5) is 0 Å². The van der Waals surface area contributed by atoms with Crippen LogP contribution in [0.3, 0.4) is 0 Å². The van der Waals surface area contributed by atoms with Gasteiger partial charge in [0.15, 0.2) is 0 Å². The van der Waals surface area contributed by atoms with Crippen molar-refractivity contribution in [1.82, 2.24) is 4.90 Å². The smallest absolute Gasteiger partial charge is 0.253 e. The molecule has 3 rings (SSSR count). The van der Waals surface area contributed by atoms with E-state index in [0.29, 0.717) is 12.5 Å². The number of carbonyl (C=O) groups is 1. The van der Waals surface area contributed by atoms with E-state index in [9.17, 15) is 4.79 Å². The van der Waals surface area contributed by atoms with E-state index in [-0.39, 0.29) is 24.4 Å². The predicted octanol–water partition coefficient (Wildman–Crippen LogP) is 3.24. The highest BCUT2D eigenvalue weighted by Crippen LogP contribution is 2.25. The fraction of sp³-hybridized carbons (Fsp3) is 0.611. The number of ether oxygens (including phenoxy) is 1. The molecule has 2 N–H and O–H groups in total. The SMILES string of the molecule is Cl.N[C@@H]1CCN(C(=O)c2ccc(OCC3CCCCC3)cc2)C1. The summed E-state index contributed by atoms with van der Waals surface area (Å²) in [6.45, 7) is 2.23. The van der Waals surface area contributed by atoms with Crippen molar-refractivity contribution in [3.05, 3.63) is 29.8 Å². The topological polar surface area (TPSA) is 55.6 Å². The lowest BCUT2D eigenvalue weighted by Crippen LogP contribution is -2.31. The zero-order chi connectivity index (χ0) is 15.4. The van der Waals surface area contributed by atoms with Crippen molar-refractivity contribution in [3.63, 3.8) is 0 Å². The molecular weight excluding hydrogens is 312 g/mol. The first kappa shape index (κ1) is 18.1. The van der Waals surface area contributed by atoms with Crippen LogP contribution in [0.5, 0.6) is 5.75 Å². The Kier molecular flexibility index (Phi) is 6.72. The molecule has 23 heavy (non-hydrogen) atoms. The van der Waals surface area contributed by atoms with E-state index in [4.69, 9.17) is 10.5 Å². The number of nitrogens with two attached hydrogens (primary N) is 1. The fourth-order valence-electron chi connectivity index (χ4n) is 3.42. The number of hydrogen-bond acceptors (Lipinski definition) is 3. The molecule has 1 aliphatic carbocycles. The molecule has 0 radical (unpaired) electrons. The van der Waals surface area contributed by atoms with Crippen molar-refractivity contribution in [1.29, 1.82) is 0 Å². The summed E-state index contributed by atoms with van der Waals surface area (Å²) < 4.78 is 5.88. The fourth-order valence-corrected chi connectivity index (χ4v) is 3.42. The number of benzene rings is 1. The van der Waals surface area contributed by atoms with E-state index in [2.05, 4.69) is 0 Å². The van der Waals surface area contributed by atoms with Crippen LogP contribution in [-0.2, 0) is 0 Å². The zero-order valence-corrected chi connectivity index (χ0v) is 14.4. The van der Waals surface area contributed by atoms with Gasteiger partial charge in [0.05, 0.1) is 6.61 Å². The Morgan fingerprint density at radius 3 is 2.43 bits per heavy atom. The summed E-state index contributed by atoms with van der Waals surface area (Å²) in [5, 5.41) is 0. The normalized spacial score (nSPS) is 21.8. The largest absolute Gasteiger partial charge is 0.493 e. The van der Waals surface area contributed by atoms with E-state index in [1.165, 1.54) is 32.1 Å². The summed E-state index contributed by atoms with van der Waals surface area (Å²) in [5.74, 6) is 1.63. The molecule has 0 unspecified atom stereocenters. The van der Waals surface area contributed by atoms with E-state index in [1.54, 1.807) is 0 Å². The first-order chi connectivity index (χ1) is 10.7. The van der Waals surface area contributed by atoms with Crippen LogP contribution in [0.15, 0.2) is 24.3 Å². The third kappa shape index (κ3) is 4.85. The summed E-state index contributed by atoms with van der Waals surface area (Å²) >= 11 is 0. The van der Waals surface area contributed by atoms with Gasteiger partial charge in [-0.1, -0.05) is 19.3 Å². The van der Waals surface area contributed by atoms with Gasteiger partial charge in [0.2, 0.25) is 0 Å². The molecule has 0 spiro atoms. The summed E-state index contributed by atoms with van der Waals surface area (Å²) in [6, 6.07) is 7.67. The molecule has 128 valence electrons. The number of hydrogen-bond donors (Lipinski definition) is 1. The van der Waals surface area contributed by atoms with Crippen LogP contribution >= 0.6 is 12.4 Å². The van der Waals surface area contributed by atoms with Crippen molar-refractivity contribution in [3.8, 4) is 5.75 Å². The summed E-state index contributed by atoms with van der Waals surface area (Å²) in [4.78, 5) is 14.2. The Hall–Kier alpha value is -1.26. The highest BCUT2D eigenvalue weighted by molar-refractivity contribution is 5.94. The summed E-state index contributed by atoms with van der Waals surface area (Å²) in [7, 11) is 0. The first-order valence-corrected chi connectivity index (χ1v) is 8.50. The third-order valence-electron chi connectivity index (χ3n) is 4.82. The van der Waals surface area contributed by atoms with Crippen molar-refractivity contribution in [2.24, 2.45) is 11.7 Å². The van der Waals surface area contributed by atoms with E-state index < -0.39 is 0 Å². The number of likely N-dealkylation sites (tertiary alicyclic amines) is 1. The molecule has 1 atom stereocenters. The maximum Gasteiger partial charge on any atom is 0.253 e. The van der Waals surface area contributed by atoms with Crippen LogP contribution in [0, 0.1) is 5.92 Å². The Balaban J connectivity index is 0.00000192. The number of nitrogens with zero attached hydrogens (tertiary/aromatic N) is 1. The maximum atomic E-state index is 12.3. The Bertz CT molecular complexity index is 500. The highest BCUT2D eigenvalue weighted by atomic mass is 35.5. The lowest BCUT2D eigenvalue weighted by molar-refractivity contribution is 0.0791. The first-order valence-electron chi connectivity index (χ1n) is 8.50. The number of carbonyl (C=O) groups excluding carboxylic acids is 1. The van der Waals surface area contributed by atoms with Crippen molar-refractivity contribution in [2.45, 2.75) is 44.6 Å². The van der Waals surface area contributed by atoms with Crippen molar-refractivity contribution in [2.75, 3.05) is 19.7 Å². The standard InChI is InChI=1S/C18H26N2O2.ClH/c19-16-10-11-20(12-16)18(21)15-6-8-17(9-7-15)22-13-14-4-2-1-3-5-14;/h6-9,14,16H,1-5,10-13,19H2;1H/t16-;/m1./s1. The van der Waals surface area contributed by atoms with Crippen LogP contribution in [0.1, 0.15) is 48.9 Å². The van der Waals surface area contributed by atoms with Crippen LogP contribution in [0.2, 0.25) is 0 Å². The average Bonchev–Trinajstić information content (AvgIpc) is 3.00. The number of halogens is 1. The van der Waals surface area contributed by atoms with Crippen LogP contribution in [-0.4, -0.2) is 36.5 Å². The molecule has 1 heterocycles. The quantitative estimate of drug-likeness (QED) is 0.916. The molecule has 0 aromatic heterocycles. The van der Waals surface area contributed by atoms with Gasteiger partial charge >= 0.3 is 0 Å². The molecule has 0 bridgehead atoms. The minimum absolute atomic E-state index is 0. The Labute approximate surface area is 144 Å². The van der Waals surface area contributed by atoms with Gasteiger partial charge in [-0.25, -0.2) is 0 Å². The zero-order valence-electron chi connectivity index (χ0n) is 13.6. The van der Waals surface area contributed by atoms with Gasteiger partial charge in [-0.2, -0.15) is 0 Å². The molecule has 1 amide bonds. The second-order valence-corrected chi connectivity index (χ2v) is 6.64. The molecule has 1 saturated carbocycles. The summed E-state index contributed by atoms with van der Waals surface area (Å²) in [5.41, 5.74) is 6.58. The lowest BCUT2D eigenvalue weighted by Gasteiger charge is -2.21. The predicted molar refractivity (Wildman–Crippen MR) is 94.3 cm³/mol. The molecule has 1 aromatic rings. The van der Waals surface area contributed by atoms with E-state index >= 15 is 0 Å². The maximum absolute atomic E-state index is 12.3. The average molecular weight is 339 g/mol. The Morgan fingerprint density at radius 2 is 1.83 bits per heavy atom. The van der Waals surface area contributed by atoms with Gasteiger partial charge in [0.25, 0.3) is 5.91 Å². The van der Waals surface area contributed by atoms with E-state index in [0.717, 1.165) is 30.9 Å². The second kappa shape index (κ2) is 8.55. The van der Waals surface area contributed by atoms with Crippen LogP contribution in [0.25, 0.3) is 0 Å². The molecule has 1 saturated heterocycles. The molecule has 4 nitrogen and oxygen atoms in total. The lowest BCUT2D eigenvalue weighted by atomic mass is 9.90. The van der Waals surface area contributed by atoms with Crippen molar-refractivity contribution < 1.29 is 9.53 Å². The molecule has 1 aromatic carbocycles.